The van der Waals surface area contributed by atoms with Gasteiger partial charge in [0.15, 0.2) is 0 Å². The zero-order chi connectivity index (χ0) is 18.8. The summed E-state index contributed by atoms with van der Waals surface area (Å²) in [6.45, 7) is 1.51. The second-order valence-corrected chi connectivity index (χ2v) is 7.06. The Bertz CT molecular complexity index is 958. The number of esters is 1. The third-order valence-corrected chi connectivity index (χ3v) is 5.15. The van der Waals surface area contributed by atoms with Crippen molar-refractivity contribution >= 4 is 39.0 Å². The zero-order valence-corrected chi connectivity index (χ0v) is 14.7. The number of hydrogen-bond acceptors (Lipinski definition) is 6. The van der Waals surface area contributed by atoms with Gasteiger partial charge in [-0.25, -0.2) is 13.2 Å². The number of methoxy groups -OCH3 is 1. The molecule has 0 unspecified atom stereocenters. The van der Waals surface area contributed by atoms with E-state index < -0.39 is 20.9 Å². The average molecular weight is 385 g/mol. The van der Waals surface area contributed by atoms with Crippen molar-refractivity contribution in [3.8, 4) is 0 Å². The van der Waals surface area contributed by atoms with E-state index in [1.807, 2.05) is 0 Å². The van der Waals surface area contributed by atoms with E-state index in [1.165, 1.54) is 44.4 Å². The van der Waals surface area contributed by atoms with Gasteiger partial charge in [0.05, 0.1) is 27.5 Å². The highest BCUT2D eigenvalue weighted by atomic mass is 35.5. The summed E-state index contributed by atoms with van der Waals surface area (Å²) < 4.78 is 31.9. The minimum atomic E-state index is -4.11. The molecule has 2 aromatic carbocycles. The Morgan fingerprint density at radius 2 is 1.92 bits per heavy atom. The fourth-order valence-corrected chi connectivity index (χ4v) is 3.57. The number of ether oxygens (including phenoxy) is 1. The van der Waals surface area contributed by atoms with Gasteiger partial charge in [-0.1, -0.05) is 17.7 Å². The lowest BCUT2D eigenvalue weighted by atomic mass is 10.2. The van der Waals surface area contributed by atoms with Crippen molar-refractivity contribution in [3.05, 3.63) is 62.7 Å². The van der Waals surface area contributed by atoms with E-state index >= 15 is 0 Å². The number of nitro benzene ring substituents is 1. The number of benzene rings is 2. The average Bonchev–Trinajstić information content (AvgIpc) is 2.55. The third-order valence-electron chi connectivity index (χ3n) is 3.30. The lowest BCUT2D eigenvalue weighted by Gasteiger charge is -2.11. The first-order chi connectivity index (χ1) is 11.7. The van der Waals surface area contributed by atoms with Gasteiger partial charge >= 0.3 is 5.97 Å². The van der Waals surface area contributed by atoms with Crippen LogP contribution in [0.4, 0.5) is 11.4 Å². The molecular formula is C15H13ClN2O6S. The molecule has 25 heavy (non-hydrogen) atoms. The summed E-state index contributed by atoms with van der Waals surface area (Å²) in [4.78, 5) is 21.6. The molecule has 0 aliphatic heterocycles. The maximum Gasteiger partial charge on any atom is 0.339 e. The molecule has 1 N–H and O–H groups in total. The van der Waals surface area contributed by atoms with Crippen LogP contribution in [0.3, 0.4) is 0 Å². The normalized spacial score (nSPS) is 11.0. The Labute approximate surface area is 148 Å². The Morgan fingerprint density at radius 1 is 1.24 bits per heavy atom. The van der Waals surface area contributed by atoms with Crippen molar-refractivity contribution in [3.63, 3.8) is 0 Å². The zero-order valence-electron chi connectivity index (χ0n) is 13.1. The standard InChI is InChI=1S/C15H13ClN2O6S/c1-9-3-5-11(18(20)21)8-14(9)25(22,23)17-10-4-6-13(16)12(7-10)15(19)24-2/h3-8,17H,1-2H3. The van der Waals surface area contributed by atoms with E-state index in [1.54, 1.807) is 0 Å². The van der Waals surface area contributed by atoms with Crippen molar-refractivity contribution in [1.29, 1.82) is 0 Å². The van der Waals surface area contributed by atoms with Crippen molar-refractivity contribution in [2.45, 2.75) is 11.8 Å². The maximum absolute atomic E-state index is 12.5. The van der Waals surface area contributed by atoms with Gasteiger partial charge < -0.3 is 4.74 Å². The first kappa shape index (κ1) is 18.7. The van der Waals surface area contributed by atoms with Crippen LogP contribution in [0.1, 0.15) is 15.9 Å². The summed E-state index contributed by atoms with van der Waals surface area (Å²) in [5.74, 6) is -0.724. The molecule has 8 nitrogen and oxygen atoms in total. The van der Waals surface area contributed by atoms with Crippen molar-refractivity contribution < 1.29 is 22.9 Å². The molecule has 2 aromatic rings. The van der Waals surface area contributed by atoms with Crippen LogP contribution in [0.15, 0.2) is 41.3 Å². The monoisotopic (exact) mass is 384 g/mol. The van der Waals surface area contributed by atoms with Gasteiger partial charge in [-0.2, -0.15) is 0 Å². The fourth-order valence-electron chi connectivity index (χ4n) is 2.06. The minimum absolute atomic E-state index is 0.0138. The van der Waals surface area contributed by atoms with Crippen LogP contribution in [0, 0.1) is 17.0 Å². The van der Waals surface area contributed by atoms with E-state index in [-0.39, 0.29) is 26.9 Å². The number of nitro groups is 1. The number of carbonyl (C=O) groups is 1. The number of non-ortho nitro benzene ring substituents is 1. The predicted octanol–water partition coefficient (Wildman–Crippen LogP) is 3.14. The number of hydrogen-bond donors (Lipinski definition) is 1. The summed E-state index contributed by atoms with van der Waals surface area (Å²) in [6, 6.07) is 7.44. The summed E-state index contributed by atoms with van der Waals surface area (Å²) in [6.07, 6.45) is 0. The van der Waals surface area contributed by atoms with Gasteiger partial charge in [0.1, 0.15) is 0 Å². The first-order valence-electron chi connectivity index (χ1n) is 6.81. The van der Waals surface area contributed by atoms with Crippen LogP contribution < -0.4 is 4.72 Å². The van der Waals surface area contributed by atoms with Gasteiger partial charge in [0, 0.05) is 17.8 Å². The van der Waals surface area contributed by atoms with Crippen LogP contribution in [0.2, 0.25) is 5.02 Å². The molecule has 10 heteroatoms. The van der Waals surface area contributed by atoms with E-state index in [0.717, 1.165) is 6.07 Å². The van der Waals surface area contributed by atoms with Gasteiger partial charge in [0.25, 0.3) is 15.7 Å². The molecule has 0 fully saturated rings. The smallest absolute Gasteiger partial charge is 0.339 e. The molecule has 132 valence electrons. The molecule has 0 saturated carbocycles. The number of nitrogens with one attached hydrogen (secondary N) is 1. The molecule has 0 aliphatic carbocycles. The minimum Gasteiger partial charge on any atom is -0.465 e. The number of carbonyl (C=O) groups excluding carboxylic acids is 1. The van der Waals surface area contributed by atoms with Crippen LogP contribution in [0.5, 0.6) is 0 Å². The van der Waals surface area contributed by atoms with Crippen molar-refractivity contribution in [2.75, 3.05) is 11.8 Å². The predicted molar refractivity (Wildman–Crippen MR) is 91.4 cm³/mol. The summed E-state index contributed by atoms with van der Waals surface area (Å²) in [7, 11) is -2.94. The highest BCUT2D eigenvalue weighted by Crippen LogP contribution is 2.26. The number of aryl methyl sites for hydroxylation is 1. The van der Waals surface area contributed by atoms with Crippen LogP contribution in [-0.4, -0.2) is 26.4 Å². The van der Waals surface area contributed by atoms with Gasteiger partial charge in [0.2, 0.25) is 0 Å². The molecule has 0 atom stereocenters. The quantitative estimate of drug-likeness (QED) is 0.481. The Morgan fingerprint density at radius 3 is 2.52 bits per heavy atom. The third kappa shape index (κ3) is 4.06. The molecule has 2 rings (SSSR count). The molecule has 0 spiro atoms. The topological polar surface area (TPSA) is 116 Å². The Kier molecular flexibility index (Phi) is 5.29. The Hall–Kier alpha value is -2.65. The molecule has 0 heterocycles. The lowest BCUT2D eigenvalue weighted by Crippen LogP contribution is -2.15. The van der Waals surface area contributed by atoms with Gasteiger partial charge in [-0.15, -0.1) is 0 Å². The number of nitrogens with zero attached hydrogens (tertiary/aromatic N) is 1. The highest BCUT2D eigenvalue weighted by molar-refractivity contribution is 7.92. The molecule has 0 amide bonds. The molecular weight excluding hydrogens is 372 g/mol. The molecule has 0 radical (unpaired) electrons. The number of anilines is 1. The Balaban J connectivity index is 2.45. The molecule has 0 aliphatic rings. The van der Waals surface area contributed by atoms with Crippen LogP contribution >= 0.6 is 11.6 Å². The van der Waals surface area contributed by atoms with E-state index in [9.17, 15) is 23.3 Å². The van der Waals surface area contributed by atoms with Crippen molar-refractivity contribution in [1.82, 2.24) is 0 Å². The summed E-state index contributed by atoms with van der Waals surface area (Å²) in [5.41, 5.74) is 0.0356. The van der Waals surface area contributed by atoms with E-state index in [2.05, 4.69) is 9.46 Å². The SMILES string of the molecule is COC(=O)c1cc(NS(=O)(=O)c2cc([N+](=O)[O-])ccc2C)ccc1Cl. The van der Waals surface area contributed by atoms with Crippen molar-refractivity contribution in [2.24, 2.45) is 0 Å². The first-order valence-corrected chi connectivity index (χ1v) is 8.67. The number of rotatable bonds is 5. The molecule has 0 saturated heterocycles. The van der Waals surface area contributed by atoms with Gasteiger partial charge in [-0.05, 0) is 30.7 Å². The summed E-state index contributed by atoms with van der Waals surface area (Å²) >= 11 is 5.89. The maximum atomic E-state index is 12.5. The summed E-state index contributed by atoms with van der Waals surface area (Å²) in [5, 5.41) is 11.0. The molecule has 0 bridgehead atoms. The molecule has 0 aromatic heterocycles. The lowest BCUT2D eigenvalue weighted by molar-refractivity contribution is -0.385. The van der Waals surface area contributed by atoms with E-state index in [4.69, 9.17) is 11.6 Å². The number of sulfonamides is 1. The largest absolute Gasteiger partial charge is 0.465 e. The number of halogens is 1. The fraction of sp³-hybridized carbons (Fsp3) is 0.133. The van der Waals surface area contributed by atoms with Crippen LogP contribution in [-0.2, 0) is 14.8 Å². The van der Waals surface area contributed by atoms with E-state index in [0.29, 0.717) is 5.56 Å². The second kappa shape index (κ2) is 7.08. The second-order valence-electron chi connectivity index (χ2n) is 5.00. The van der Waals surface area contributed by atoms with Gasteiger partial charge in [-0.3, -0.25) is 14.8 Å². The highest BCUT2D eigenvalue weighted by Gasteiger charge is 2.21. The van der Waals surface area contributed by atoms with Crippen LogP contribution in [0.25, 0.3) is 0 Å².